The van der Waals surface area contributed by atoms with E-state index in [0.717, 1.165) is 29.7 Å². The Kier molecular flexibility index (Phi) is 4.76. The van der Waals surface area contributed by atoms with Gasteiger partial charge < -0.3 is 15.0 Å². The molecule has 3 rings (SSSR count). The van der Waals surface area contributed by atoms with E-state index in [2.05, 4.69) is 38.8 Å². The van der Waals surface area contributed by atoms with Crippen molar-refractivity contribution in [1.29, 1.82) is 0 Å². The Morgan fingerprint density at radius 3 is 2.79 bits per heavy atom. The summed E-state index contributed by atoms with van der Waals surface area (Å²) in [5.74, 6) is 1.68. The Morgan fingerprint density at radius 2 is 2.12 bits per heavy atom. The molecule has 1 aliphatic rings. The Morgan fingerprint density at radius 1 is 1.38 bits per heavy atom. The highest BCUT2D eigenvalue weighted by Crippen LogP contribution is 2.34. The molecular weight excluding hydrogens is 328 g/mol. The third-order valence-corrected chi connectivity index (χ3v) is 4.55. The molecule has 1 N–H and O–H groups in total. The van der Waals surface area contributed by atoms with Gasteiger partial charge in [-0.2, -0.15) is 0 Å². The maximum Gasteiger partial charge on any atom is 0.406 e. The van der Waals surface area contributed by atoms with Crippen LogP contribution in [0.1, 0.15) is 25.3 Å². The molecule has 2 aromatic heterocycles. The van der Waals surface area contributed by atoms with E-state index in [1.807, 2.05) is 12.3 Å². The minimum Gasteiger partial charge on any atom is -0.453 e. The summed E-state index contributed by atoms with van der Waals surface area (Å²) in [4.78, 5) is 22.2. The number of aromatic nitrogens is 2. The lowest BCUT2D eigenvalue weighted by Crippen LogP contribution is -2.52. The number of hydrogen-bond acceptors (Lipinski definition) is 5. The van der Waals surface area contributed by atoms with E-state index >= 15 is 0 Å². The third-order valence-electron chi connectivity index (χ3n) is 4.35. The third kappa shape index (κ3) is 3.24. The van der Waals surface area contributed by atoms with Crippen LogP contribution in [0.15, 0.2) is 18.5 Å². The molecular formula is C17H21ClN4O2. The molecule has 0 atom stereocenters. The van der Waals surface area contributed by atoms with Gasteiger partial charge in [0.25, 0.3) is 0 Å². The average Bonchev–Trinajstić information content (AvgIpc) is 2.52. The van der Waals surface area contributed by atoms with Crippen LogP contribution in [0.4, 0.5) is 10.6 Å². The number of fused-ring (bicyclic) bond motifs is 1. The van der Waals surface area contributed by atoms with Crippen LogP contribution in [0.5, 0.6) is 0 Å². The summed E-state index contributed by atoms with van der Waals surface area (Å²) in [5, 5.41) is 5.35. The summed E-state index contributed by atoms with van der Waals surface area (Å²) in [6.07, 6.45) is 3.34. The van der Waals surface area contributed by atoms with Crippen LogP contribution in [0, 0.1) is 5.92 Å². The van der Waals surface area contributed by atoms with E-state index in [9.17, 15) is 4.79 Å². The average molecular weight is 349 g/mol. The fourth-order valence-electron chi connectivity index (χ4n) is 3.00. The van der Waals surface area contributed by atoms with Gasteiger partial charge in [-0.15, -0.1) is 0 Å². The van der Waals surface area contributed by atoms with Gasteiger partial charge in [0.05, 0.1) is 7.11 Å². The topological polar surface area (TPSA) is 67.3 Å². The molecule has 0 spiro atoms. The van der Waals surface area contributed by atoms with E-state index in [4.69, 9.17) is 11.6 Å². The van der Waals surface area contributed by atoms with Crippen LogP contribution in [0.2, 0.25) is 5.15 Å². The lowest BCUT2D eigenvalue weighted by atomic mass is 9.96. The van der Waals surface area contributed by atoms with Gasteiger partial charge in [-0.25, -0.2) is 14.8 Å². The maximum absolute atomic E-state index is 11.1. The predicted molar refractivity (Wildman–Crippen MR) is 94.7 cm³/mol. The Balaban J connectivity index is 1.80. The second-order valence-corrected chi connectivity index (χ2v) is 6.78. The molecule has 24 heavy (non-hydrogen) atoms. The van der Waals surface area contributed by atoms with Crippen molar-refractivity contribution in [1.82, 2.24) is 15.3 Å². The van der Waals surface area contributed by atoms with Crippen molar-refractivity contribution in [2.75, 3.05) is 31.6 Å². The smallest absolute Gasteiger partial charge is 0.406 e. The van der Waals surface area contributed by atoms with Gasteiger partial charge in [-0.1, -0.05) is 25.4 Å². The molecule has 1 fully saturated rings. The van der Waals surface area contributed by atoms with Gasteiger partial charge in [0.15, 0.2) is 0 Å². The van der Waals surface area contributed by atoms with Gasteiger partial charge in [-0.05, 0) is 22.9 Å². The molecule has 1 amide bonds. The first kappa shape index (κ1) is 16.8. The van der Waals surface area contributed by atoms with Crippen molar-refractivity contribution < 1.29 is 9.53 Å². The zero-order valence-corrected chi connectivity index (χ0v) is 14.8. The summed E-state index contributed by atoms with van der Waals surface area (Å²) in [6.45, 7) is 6.58. The Bertz CT molecular complexity index is 760. The number of methoxy groups -OCH3 is 1. The Labute approximate surface area is 146 Å². The molecule has 6 nitrogen and oxygen atoms in total. The highest BCUT2D eigenvalue weighted by molar-refractivity contribution is 6.30. The SMILES string of the molecule is COC(=O)NCC1CN(c2ncc(C(C)C)c3cc(Cl)ncc23)C1. The monoisotopic (exact) mass is 348 g/mol. The number of ether oxygens (including phenoxy) is 1. The van der Waals surface area contributed by atoms with E-state index in [0.29, 0.717) is 23.5 Å². The van der Waals surface area contributed by atoms with Crippen molar-refractivity contribution in [3.8, 4) is 0 Å². The summed E-state index contributed by atoms with van der Waals surface area (Å²) in [6, 6.07) is 1.91. The molecule has 7 heteroatoms. The van der Waals surface area contributed by atoms with Crippen LogP contribution in [0.25, 0.3) is 10.8 Å². The molecule has 128 valence electrons. The normalized spacial score (nSPS) is 14.8. The molecule has 2 aromatic rings. The maximum atomic E-state index is 11.1. The molecule has 0 saturated carbocycles. The number of nitrogens with one attached hydrogen (secondary N) is 1. The molecule has 1 saturated heterocycles. The number of anilines is 1. The second kappa shape index (κ2) is 6.81. The molecule has 0 bridgehead atoms. The fourth-order valence-corrected chi connectivity index (χ4v) is 3.16. The lowest BCUT2D eigenvalue weighted by Gasteiger charge is -2.40. The lowest BCUT2D eigenvalue weighted by molar-refractivity contribution is 0.168. The minimum atomic E-state index is -0.392. The molecule has 0 aromatic carbocycles. The number of halogens is 1. The standard InChI is InChI=1S/C17H21ClN4O2/c1-10(2)13-6-20-16(14-7-19-15(18)4-12(13)14)22-8-11(9-22)5-21-17(23)24-3/h4,6-7,10-11H,5,8-9H2,1-3H3,(H,21,23). The zero-order valence-electron chi connectivity index (χ0n) is 14.0. The minimum absolute atomic E-state index is 0.362. The van der Waals surface area contributed by atoms with E-state index in [-0.39, 0.29) is 0 Å². The van der Waals surface area contributed by atoms with E-state index in [1.165, 1.54) is 12.7 Å². The number of rotatable bonds is 4. The molecule has 0 aliphatic carbocycles. The first-order valence-electron chi connectivity index (χ1n) is 8.00. The van der Waals surface area contributed by atoms with Crippen LogP contribution >= 0.6 is 11.6 Å². The van der Waals surface area contributed by atoms with E-state index < -0.39 is 6.09 Å². The first-order valence-corrected chi connectivity index (χ1v) is 8.38. The van der Waals surface area contributed by atoms with Crippen molar-refractivity contribution in [2.24, 2.45) is 5.92 Å². The van der Waals surface area contributed by atoms with Gasteiger partial charge in [-0.3, -0.25) is 0 Å². The van der Waals surface area contributed by atoms with Crippen LogP contribution < -0.4 is 10.2 Å². The molecule has 3 heterocycles. The quantitative estimate of drug-likeness (QED) is 0.859. The Hall–Kier alpha value is -2.08. The number of carbonyl (C=O) groups is 1. The van der Waals surface area contributed by atoms with Gasteiger partial charge in [0.1, 0.15) is 11.0 Å². The summed E-state index contributed by atoms with van der Waals surface area (Å²) in [5.41, 5.74) is 1.17. The highest BCUT2D eigenvalue weighted by Gasteiger charge is 2.29. The van der Waals surface area contributed by atoms with Crippen LogP contribution in [0.3, 0.4) is 0 Å². The largest absolute Gasteiger partial charge is 0.453 e. The number of amides is 1. The highest BCUT2D eigenvalue weighted by atomic mass is 35.5. The van der Waals surface area contributed by atoms with Gasteiger partial charge in [0.2, 0.25) is 0 Å². The summed E-state index contributed by atoms with van der Waals surface area (Å²) < 4.78 is 4.59. The second-order valence-electron chi connectivity index (χ2n) is 6.39. The summed E-state index contributed by atoms with van der Waals surface area (Å²) >= 11 is 6.09. The van der Waals surface area contributed by atoms with Gasteiger partial charge in [0, 0.05) is 43.3 Å². The van der Waals surface area contributed by atoms with Crippen LogP contribution in [-0.2, 0) is 4.74 Å². The predicted octanol–water partition coefficient (Wildman–Crippen LogP) is 3.20. The van der Waals surface area contributed by atoms with Crippen molar-refractivity contribution in [3.63, 3.8) is 0 Å². The molecule has 0 unspecified atom stereocenters. The van der Waals surface area contributed by atoms with Gasteiger partial charge >= 0.3 is 6.09 Å². The van der Waals surface area contributed by atoms with Crippen molar-refractivity contribution in [2.45, 2.75) is 19.8 Å². The van der Waals surface area contributed by atoms with Crippen LogP contribution in [-0.4, -0.2) is 42.8 Å². The number of pyridine rings is 2. The number of alkyl carbamates (subject to hydrolysis) is 1. The fraction of sp³-hybridized carbons (Fsp3) is 0.471. The number of carbonyl (C=O) groups excluding carboxylic acids is 1. The molecule has 1 aliphatic heterocycles. The molecule has 0 radical (unpaired) electrons. The number of nitrogens with zero attached hydrogens (tertiary/aromatic N) is 3. The van der Waals surface area contributed by atoms with E-state index in [1.54, 1.807) is 6.20 Å². The zero-order chi connectivity index (χ0) is 17.3. The van der Waals surface area contributed by atoms with Crippen molar-refractivity contribution >= 4 is 34.3 Å². The van der Waals surface area contributed by atoms with Crippen molar-refractivity contribution in [3.05, 3.63) is 29.2 Å². The first-order chi connectivity index (χ1) is 11.5. The number of hydrogen-bond donors (Lipinski definition) is 1. The summed E-state index contributed by atoms with van der Waals surface area (Å²) in [7, 11) is 1.37.